The summed E-state index contributed by atoms with van der Waals surface area (Å²) in [7, 11) is 1.69. The molecule has 0 saturated carbocycles. The van der Waals surface area contributed by atoms with Crippen LogP contribution < -0.4 is 16.0 Å². The molecule has 0 radical (unpaired) electrons. The molecule has 138 valence electrons. The van der Waals surface area contributed by atoms with E-state index >= 15 is 0 Å². The lowest BCUT2D eigenvalue weighted by Gasteiger charge is -2.18. The van der Waals surface area contributed by atoms with Crippen molar-refractivity contribution in [1.82, 2.24) is 20.9 Å². The molecule has 1 aromatic rings. The van der Waals surface area contributed by atoms with Crippen LogP contribution in [-0.4, -0.2) is 56.0 Å². The summed E-state index contributed by atoms with van der Waals surface area (Å²) in [5.74, 6) is 0.800. The van der Waals surface area contributed by atoms with Crippen LogP contribution in [0, 0.1) is 6.92 Å². The quantitative estimate of drug-likeness (QED) is 0.260. The van der Waals surface area contributed by atoms with Gasteiger partial charge in [0, 0.05) is 26.7 Å². The predicted molar refractivity (Wildman–Crippen MR) is 109 cm³/mol. The third kappa shape index (κ3) is 6.18. The molecule has 1 unspecified atom stereocenters. The first kappa shape index (κ1) is 21.2. The molecule has 0 aliphatic carbocycles. The predicted octanol–water partition coefficient (Wildman–Crippen LogP) is 1.43. The van der Waals surface area contributed by atoms with Gasteiger partial charge in [-0.15, -0.1) is 24.0 Å². The largest absolute Gasteiger partial charge is 0.356 e. The van der Waals surface area contributed by atoms with E-state index < -0.39 is 0 Å². The Morgan fingerprint density at radius 2 is 1.96 bits per heavy atom. The standard InChI is InChI=1S/C17H25N5O2.HI/c1-12-4-6-14(7-5-12)13(2)10-20-16(18-3)19-8-9-22-15(23)11-21-17(22)24;/h4-7,13H,8-11H2,1-3H3,(H,21,24)(H2,18,19,20);1H. The molecule has 1 aromatic carbocycles. The number of rotatable bonds is 6. The van der Waals surface area contributed by atoms with Crippen LogP contribution in [0.15, 0.2) is 29.3 Å². The van der Waals surface area contributed by atoms with Gasteiger partial charge < -0.3 is 16.0 Å². The van der Waals surface area contributed by atoms with Gasteiger partial charge in [0.25, 0.3) is 0 Å². The van der Waals surface area contributed by atoms with Crippen LogP contribution in [0.3, 0.4) is 0 Å². The van der Waals surface area contributed by atoms with Crippen molar-refractivity contribution in [1.29, 1.82) is 0 Å². The van der Waals surface area contributed by atoms with E-state index in [1.165, 1.54) is 16.0 Å². The number of nitrogens with zero attached hydrogens (tertiary/aromatic N) is 2. The lowest BCUT2D eigenvalue weighted by atomic mass is 10.0. The minimum absolute atomic E-state index is 0. The summed E-state index contributed by atoms with van der Waals surface area (Å²) >= 11 is 0. The zero-order valence-electron chi connectivity index (χ0n) is 14.8. The average Bonchev–Trinajstić information content (AvgIpc) is 2.90. The summed E-state index contributed by atoms with van der Waals surface area (Å²) in [6, 6.07) is 8.15. The molecule has 8 heteroatoms. The molecule has 1 aliphatic rings. The third-order valence-corrected chi connectivity index (χ3v) is 4.01. The molecule has 1 fully saturated rings. The van der Waals surface area contributed by atoms with Gasteiger partial charge in [0.05, 0.1) is 6.54 Å². The summed E-state index contributed by atoms with van der Waals surface area (Å²) < 4.78 is 0. The molecular formula is C17H26IN5O2. The number of imide groups is 1. The normalized spacial score (nSPS) is 15.5. The summed E-state index contributed by atoms with van der Waals surface area (Å²) in [6.45, 7) is 5.82. The fourth-order valence-corrected chi connectivity index (χ4v) is 2.45. The van der Waals surface area contributed by atoms with Crippen molar-refractivity contribution in [2.45, 2.75) is 19.8 Å². The Morgan fingerprint density at radius 3 is 2.52 bits per heavy atom. The number of carbonyl (C=O) groups excluding carboxylic acids is 2. The van der Waals surface area contributed by atoms with E-state index in [-0.39, 0.29) is 42.5 Å². The number of hydrogen-bond acceptors (Lipinski definition) is 3. The molecule has 7 nitrogen and oxygen atoms in total. The number of aryl methyl sites for hydroxylation is 1. The Hall–Kier alpha value is -1.84. The van der Waals surface area contributed by atoms with E-state index in [1.807, 2.05) is 0 Å². The van der Waals surface area contributed by atoms with Crippen LogP contribution >= 0.6 is 24.0 Å². The molecular weight excluding hydrogens is 433 g/mol. The van der Waals surface area contributed by atoms with Crippen LogP contribution in [0.4, 0.5) is 4.79 Å². The van der Waals surface area contributed by atoms with Crippen LogP contribution in [0.5, 0.6) is 0 Å². The summed E-state index contributed by atoms with van der Waals surface area (Å²) in [5, 5.41) is 8.88. The molecule has 0 aromatic heterocycles. The Morgan fingerprint density at radius 1 is 1.28 bits per heavy atom. The van der Waals surface area contributed by atoms with Crippen molar-refractivity contribution in [3.8, 4) is 0 Å². The minimum Gasteiger partial charge on any atom is -0.356 e. The summed E-state index contributed by atoms with van der Waals surface area (Å²) in [5.41, 5.74) is 2.51. The molecule has 3 N–H and O–H groups in total. The maximum atomic E-state index is 11.5. The van der Waals surface area contributed by atoms with Gasteiger partial charge in [0.1, 0.15) is 0 Å². The Labute approximate surface area is 165 Å². The van der Waals surface area contributed by atoms with Crippen molar-refractivity contribution in [3.63, 3.8) is 0 Å². The molecule has 1 heterocycles. The van der Waals surface area contributed by atoms with E-state index in [9.17, 15) is 9.59 Å². The zero-order valence-corrected chi connectivity index (χ0v) is 17.2. The summed E-state index contributed by atoms with van der Waals surface area (Å²) in [6.07, 6.45) is 0. The Kier molecular flexibility index (Phi) is 8.67. The number of carbonyl (C=O) groups is 2. The van der Waals surface area contributed by atoms with Gasteiger partial charge in [-0.2, -0.15) is 0 Å². The van der Waals surface area contributed by atoms with E-state index in [0.717, 1.165) is 6.54 Å². The number of urea groups is 1. The molecule has 1 saturated heterocycles. The zero-order chi connectivity index (χ0) is 17.5. The Bertz CT molecular complexity index is 602. The van der Waals surface area contributed by atoms with Gasteiger partial charge in [-0.25, -0.2) is 4.79 Å². The number of halogens is 1. The van der Waals surface area contributed by atoms with Gasteiger partial charge in [-0.1, -0.05) is 36.8 Å². The number of benzene rings is 1. The Balaban J connectivity index is 0.00000312. The van der Waals surface area contributed by atoms with Gasteiger partial charge >= 0.3 is 6.03 Å². The number of amides is 3. The minimum atomic E-state index is -0.335. The number of nitrogens with one attached hydrogen (secondary N) is 3. The first-order valence-corrected chi connectivity index (χ1v) is 8.10. The number of aliphatic imine (C=N–C) groups is 1. The fourth-order valence-electron chi connectivity index (χ4n) is 2.45. The molecule has 0 spiro atoms. The highest BCUT2D eigenvalue weighted by atomic mass is 127. The highest BCUT2D eigenvalue weighted by Crippen LogP contribution is 2.14. The van der Waals surface area contributed by atoms with Crippen molar-refractivity contribution in [2.24, 2.45) is 4.99 Å². The van der Waals surface area contributed by atoms with Crippen LogP contribution in [0.1, 0.15) is 24.0 Å². The molecule has 1 atom stereocenters. The molecule has 3 amide bonds. The van der Waals surface area contributed by atoms with Crippen molar-refractivity contribution in [2.75, 3.05) is 33.2 Å². The third-order valence-electron chi connectivity index (χ3n) is 4.01. The van der Waals surface area contributed by atoms with Crippen molar-refractivity contribution in [3.05, 3.63) is 35.4 Å². The maximum Gasteiger partial charge on any atom is 0.324 e. The van der Waals surface area contributed by atoms with Gasteiger partial charge in [-0.3, -0.25) is 14.7 Å². The van der Waals surface area contributed by atoms with Crippen molar-refractivity contribution < 1.29 is 9.59 Å². The smallest absolute Gasteiger partial charge is 0.324 e. The maximum absolute atomic E-state index is 11.5. The molecule has 0 bridgehead atoms. The topological polar surface area (TPSA) is 85.8 Å². The van der Waals surface area contributed by atoms with Crippen molar-refractivity contribution >= 4 is 41.9 Å². The van der Waals surface area contributed by atoms with Crippen LogP contribution in [-0.2, 0) is 4.79 Å². The molecule has 2 rings (SSSR count). The van der Waals surface area contributed by atoms with E-state index in [4.69, 9.17) is 0 Å². The highest BCUT2D eigenvalue weighted by Gasteiger charge is 2.27. The summed E-state index contributed by atoms with van der Waals surface area (Å²) in [4.78, 5) is 28.3. The number of guanidine groups is 1. The molecule has 25 heavy (non-hydrogen) atoms. The van der Waals surface area contributed by atoms with E-state index in [2.05, 4.69) is 59.1 Å². The van der Waals surface area contributed by atoms with Gasteiger partial charge in [0.15, 0.2) is 5.96 Å². The molecule has 1 aliphatic heterocycles. The monoisotopic (exact) mass is 459 g/mol. The second-order valence-corrected chi connectivity index (χ2v) is 5.90. The van der Waals surface area contributed by atoms with E-state index in [0.29, 0.717) is 25.0 Å². The highest BCUT2D eigenvalue weighted by molar-refractivity contribution is 14.0. The first-order valence-electron chi connectivity index (χ1n) is 8.10. The first-order chi connectivity index (χ1) is 11.5. The lowest BCUT2D eigenvalue weighted by molar-refractivity contribution is -0.124. The fraction of sp³-hybridized carbons (Fsp3) is 0.471. The SMILES string of the molecule is CN=C(NCCN1C(=O)CNC1=O)NCC(C)c1ccc(C)cc1.I. The lowest BCUT2D eigenvalue weighted by Crippen LogP contribution is -2.44. The van der Waals surface area contributed by atoms with Crippen LogP contribution in [0.25, 0.3) is 0 Å². The second kappa shape index (κ2) is 10.2. The van der Waals surface area contributed by atoms with Gasteiger partial charge in [-0.05, 0) is 18.4 Å². The van der Waals surface area contributed by atoms with Gasteiger partial charge in [0.2, 0.25) is 5.91 Å². The average molecular weight is 459 g/mol. The second-order valence-electron chi connectivity index (χ2n) is 5.90. The van der Waals surface area contributed by atoms with Crippen LogP contribution in [0.2, 0.25) is 0 Å². The number of hydrogen-bond donors (Lipinski definition) is 3. The van der Waals surface area contributed by atoms with E-state index in [1.54, 1.807) is 7.05 Å².